The summed E-state index contributed by atoms with van der Waals surface area (Å²) in [5, 5.41) is 6.98. The summed E-state index contributed by atoms with van der Waals surface area (Å²) in [4.78, 5) is 24.6. The van der Waals surface area contributed by atoms with Gasteiger partial charge in [-0.2, -0.15) is 0 Å². The van der Waals surface area contributed by atoms with Crippen molar-refractivity contribution < 1.29 is 14.3 Å². The molecule has 26 heavy (non-hydrogen) atoms. The lowest BCUT2D eigenvalue weighted by Gasteiger charge is -2.00. The minimum atomic E-state index is -0.330. The second-order valence-corrected chi connectivity index (χ2v) is 6.78. The van der Waals surface area contributed by atoms with Gasteiger partial charge in [0.1, 0.15) is 5.75 Å². The quantitative estimate of drug-likeness (QED) is 0.647. The van der Waals surface area contributed by atoms with E-state index < -0.39 is 0 Å². The Bertz CT molecular complexity index is 938. The first-order chi connectivity index (χ1) is 12.7. The number of amidine groups is 1. The Morgan fingerprint density at radius 2 is 2.08 bits per heavy atom. The third-order valence-corrected chi connectivity index (χ3v) is 4.87. The van der Waals surface area contributed by atoms with E-state index in [-0.39, 0.29) is 11.8 Å². The van der Waals surface area contributed by atoms with Crippen molar-refractivity contribution in [3.05, 3.63) is 70.1 Å². The number of hydrogen-bond acceptors (Lipinski definition) is 5. The van der Waals surface area contributed by atoms with Gasteiger partial charge in [-0.15, -0.1) is 5.10 Å². The Hall–Kier alpha value is -3.06. The van der Waals surface area contributed by atoms with Crippen LogP contribution < -0.4 is 15.5 Å². The first kappa shape index (κ1) is 16.4. The molecule has 0 bridgehead atoms. The lowest BCUT2D eigenvalue weighted by molar-refractivity contribution is -0.115. The number of carbonyl (C=O) groups is 2. The van der Waals surface area contributed by atoms with E-state index in [9.17, 15) is 9.59 Å². The standard InChI is InChI=1S/C19H15N3O3S/c23-17(13-4-2-1-3-5-13)21-22-19-20-18(24)16(26-19)11-12-6-7-15-14(10-12)8-9-25-15/h1-7,10-11H,8-9H2,(H,21,23)(H,20,22,24)/b16-11+. The lowest BCUT2D eigenvalue weighted by Crippen LogP contribution is -2.25. The molecular weight excluding hydrogens is 350 g/mol. The van der Waals surface area contributed by atoms with Crippen LogP contribution in [0.4, 0.5) is 0 Å². The van der Waals surface area contributed by atoms with E-state index >= 15 is 0 Å². The van der Waals surface area contributed by atoms with Crippen LogP contribution in [-0.4, -0.2) is 23.6 Å². The van der Waals surface area contributed by atoms with Crippen molar-refractivity contribution in [2.75, 3.05) is 6.61 Å². The van der Waals surface area contributed by atoms with Crippen LogP contribution in [0, 0.1) is 0 Å². The number of nitrogens with zero attached hydrogens (tertiary/aromatic N) is 1. The molecule has 0 saturated carbocycles. The first-order valence-electron chi connectivity index (χ1n) is 8.09. The van der Waals surface area contributed by atoms with E-state index in [0.717, 1.165) is 23.3 Å². The normalized spacial score (nSPS) is 18.5. The number of hydrazone groups is 1. The smallest absolute Gasteiger partial charge is 0.271 e. The average molecular weight is 365 g/mol. The molecule has 1 saturated heterocycles. The Balaban J connectivity index is 1.46. The second kappa shape index (κ2) is 7.05. The molecule has 2 aromatic rings. The van der Waals surface area contributed by atoms with Crippen molar-refractivity contribution in [2.24, 2.45) is 5.10 Å². The van der Waals surface area contributed by atoms with E-state index in [1.54, 1.807) is 30.3 Å². The Morgan fingerprint density at radius 1 is 1.23 bits per heavy atom. The zero-order valence-electron chi connectivity index (χ0n) is 13.7. The lowest BCUT2D eigenvalue weighted by atomic mass is 10.1. The van der Waals surface area contributed by atoms with E-state index in [1.807, 2.05) is 24.3 Å². The summed E-state index contributed by atoms with van der Waals surface area (Å²) in [7, 11) is 0. The molecule has 2 heterocycles. The van der Waals surface area contributed by atoms with E-state index in [0.29, 0.717) is 22.2 Å². The number of carbonyl (C=O) groups excluding carboxylic acids is 2. The minimum Gasteiger partial charge on any atom is -0.493 e. The summed E-state index contributed by atoms with van der Waals surface area (Å²) < 4.78 is 5.49. The van der Waals surface area contributed by atoms with Gasteiger partial charge in [-0.25, -0.2) is 5.43 Å². The van der Waals surface area contributed by atoms with Crippen molar-refractivity contribution in [1.82, 2.24) is 10.7 Å². The van der Waals surface area contributed by atoms with Crippen molar-refractivity contribution in [2.45, 2.75) is 6.42 Å². The number of ether oxygens (including phenoxy) is 1. The van der Waals surface area contributed by atoms with Gasteiger partial charge < -0.3 is 4.74 Å². The molecule has 1 fully saturated rings. The molecule has 2 aromatic carbocycles. The monoisotopic (exact) mass is 365 g/mol. The van der Waals surface area contributed by atoms with Crippen molar-refractivity contribution in [3.63, 3.8) is 0 Å². The number of rotatable bonds is 3. The summed E-state index contributed by atoms with van der Waals surface area (Å²) in [6.07, 6.45) is 2.68. The molecule has 0 aromatic heterocycles. The molecule has 0 atom stereocenters. The molecule has 2 aliphatic heterocycles. The predicted molar refractivity (Wildman–Crippen MR) is 101 cm³/mol. The SMILES string of the molecule is O=C1NC(=NNC(=O)c2ccccc2)S/C1=C/c1ccc2c(c1)CCO2. The highest BCUT2D eigenvalue weighted by atomic mass is 32.2. The van der Waals surface area contributed by atoms with Gasteiger partial charge in [-0.05, 0) is 53.2 Å². The largest absolute Gasteiger partial charge is 0.493 e. The maximum absolute atomic E-state index is 12.1. The Morgan fingerprint density at radius 3 is 2.92 bits per heavy atom. The highest BCUT2D eigenvalue weighted by Gasteiger charge is 2.24. The summed E-state index contributed by atoms with van der Waals surface area (Å²) in [6.45, 7) is 0.697. The molecule has 0 radical (unpaired) electrons. The fourth-order valence-corrected chi connectivity index (χ4v) is 3.47. The molecule has 4 rings (SSSR count). The third-order valence-electron chi connectivity index (χ3n) is 3.96. The van der Waals surface area contributed by atoms with Crippen LogP contribution in [0.25, 0.3) is 6.08 Å². The maximum Gasteiger partial charge on any atom is 0.271 e. The van der Waals surface area contributed by atoms with Crippen LogP contribution in [0.15, 0.2) is 58.5 Å². The topological polar surface area (TPSA) is 79.8 Å². The predicted octanol–water partition coefficient (Wildman–Crippen LogP) is 2.53. The number of benzene rings is 2. The molecular formula is C19H15N3O3S. The molecule has 6 nitrogen and oxygen atoms in total. The van der Waals surface area contributed by atoms with E-state index in [1.165, 1.54) is 11.8 Å². The number of fused-ring (bicyclic) bond motifs is 1. The molecule has 7 heteroatoms. The molecule has 130 valence electrons. The van der Waals surface area contributed by atoms with Crippen molar-refractivity contribution >= 4 is 34.8 Å². The van der Waals surface area contributed by atoms with Gasteiger partial charge in [0.25, 0.3) is 11.8 Å². The van der Waals surface area contributed by atoms with Gasteiger partial charge in [0.2, 0.25) is 0 Å². The number of hydrogen-bond donors (Lipinski definition) is 2. The molecule has 0 spiro atoms. The summed E-state index contributed by atoms with van der Waals surface area (Å²) in [5.74, 6) is 0.338. The molecule has 2 aliphatic rings. The van der Waals surface area contributed by atoms with E-state index in [4.69, 9.17) is 4.74 Å². The fraction of sp³-hybridized carbons (Fsp3) is 0.105. The van der Waals surface area contributed by atoms with Crippen LogP contribution in [-0.2, 0) is 11.2 Å². The molecule has 0 aliphatic carbocycles. The zero-order chi connectivity index (χ0) is 17.9. The summed E-state index contributed by atoms with van der Waals surface area (Å²) in [5.41, 5.74) is 5.03. The Labute approximate surface area is 154 Å². The number of thioether (sulfide) groups is 1. The fourth-order valence-electron chi connectivity index (χ4n) is 2.68. The highest BCUT2D eigenvalue weighted by molar-refractivity contribution is 8.18. The highest BCUT2D eigenvalue weighted by Crippen LogP contribution is 2.29. The summed E-state index contributed by atoms with van der Waals surface area (Å²) >= 11 is 1.19. The van der Waals surface area contributed by atoms with Gasteiger partial charge in [-0.3, -0.25) is 14.9 Å². The maximum atomic E-state index is 12.1. The Kier molecular flexibility index (Phi) is 4.45. The summed E-state index contributed by atoms with van der Waals surface area (Å²) in [6, 6.07) is 14.6. The minimum absolute atomic E-state index is 0.237. The van der Waals surface area contributed by atoms with Crippen molar-refractivity contribution in [3.8, 4) is 5.75 Å². The first-order valence-corrected chi connectivity index (χ1v) is 8.90. The molecule has 0 unspecified atom stereocenters. The van der Waals surface area contributed by atoms with Gasteiger partial charge in [0, 0.05) is 12.0 Å². The van der Waals surface area contributed by atoms with Crippen LogP contribution in [0.3, 0.4) is 0 Å². The van der Waals surface area contributed by atoms with Gasteiger partial charge in [0.05, 0.1) is 11.5 Å². The van der Waals surface area contributed by atoms with Crippen molar-refractivity contribution in [1.29, 1.82) is 0 Å². The average Bonchev–Trinajstić information content (AvgIpc) is 3.27. The zero-order valence-corrected chi connectivity index (χ0v) is 14.5. The number of amides is 2. The molecule has 2 amide bonds. The van der Waals surface area contributed by atoms with Gasteiger partial charge in [0.15, 0.2) is 5.17 Å². The van der Waals surface area contributed by atoms with Gasteiger partial charge >= 0.3 is 0 Å². The van der Waals surface area contributed by atoms with Crippen LogP contribution in [0.2, 0.25) is 0 Å². The van der Waals surface area contributed by atoms with Crippen LogP contribution in [0.5, 0.6) is 5.75 Å². The van der Waals surface area contributed by atoms with E-state index in [2.05, 4.69) is 15.8 Å². The molecule has 2 N–H and O–H groups in total. The number of nitrogens with one attached hydrogen (secondary N) is 2. The van der Waals surface area contributed by atoms with Gasteiger partial charge in [-0.1, -0.05) is 24.3 Å². The van der Waals surface area contributed by atoms with Crippen LogP contribution >= 0.6 is 11.8 Å². The van der Waals surface area contributed by atoms with Crippen LogP contribution in [0.1, 0.15) is 21.5 Å². The second-order valence-electron chi connectivity index (χ2n) is 5.75. The third kappa shape index (κ3) is 3.48.